The lowest BCUT2D eigenvalue weighted by molar-refractivity contribution is 0.0174. The molecule has 0 radical (unpaired) electrons. The minimum absolute atomic E-state index is 0.0272. The van der Waals surface area contributed by atoms with Crippen molar-refractivity contribution in [2.75, 3.05) is 19.4 Å². The molecular weight excluding hydrogens is 474 g/mol. The van der Waals surface area contributed by atoms with Gasteiger partial charge in [-0.15, -0.1) is 0 Å². The van der Waals surface area contributed by atoms with Crippen molar-refractivity contribution in [1.82, 2.24) is 4.90 Å². The molecule has 0 saturated carbocycles. The predicted molar refractivity (Wildman–Crippen MR) is 135 cm³/mol. The summed E-state index contributed by atoms with van der Waals surface area (Å²) in [5.74, 6) is 0.626. The van der Waals surface area contributed by atoms with Gasteiger partial charge in [-0.3, -0.25) is 9.08 Å². The normalized spacial score (nSPS) is 19.9. The highest BCUT2D eigenvalue weighted by atomic mass is 32.2. The number of likely N-dealkylation sites (tertiary alicyclic amines) is 1. The molecule has 2 atom stereocenters. The molecule has 10 heteroatoms. The minimum atomic E-state index is -3.50. The molecule has 0 bridgehead atoms. The molecule has 0 aliphatic carbocycles. The Labute approximate surface area is 206 Å². The second-order valence-corrected chi connectivity index (χ2v) is 17.8. The highest BCUT2D eigenvalue weighted by Gasteiger charge is 2.44. The third-order valence-electron chi connectivity index (χ3n) is 6.08. The fourth-order valence-corrected chi connectivity index (χ4v) is 5.01. The second-order valence-electron chi connectivity index (χ2n) is 11.4. The first-order valence-corrected chi connectivity index (χ1v) is 16.3. The van der Waals surface area contributed by atoms with Gasteiger partial charge in [0, 0.05) is 6.54 Å². The fraction of sp³-hybridized carbons (Fsp3) is 0.708. The molecule has 1 amide bonds. The molecule has 0 unspecified atom stereocenters. The molecule has 194 valence electrons. The van der Waals surface area contributed by atoms with Crippen molar-refractivity contribution < 1.29 is 31.3 Å². The molecule has 1 saturated heterocycles. The van der Waals surface area contributed by atoms with Gasteiger partial charge in [-0.25, -0.2) is 4.79 Å². The largest absolute Gasteiger partial charge is 0.491 e. The van der Waals surface area contributed by atoms with Crippen molar-refractivity contribution in [3.8, 4) is 5.75 Å². The maximum atomic E-state index is 12.9. The summed E-state index contributed by atoms with van der Waals surface area (Å²) in [7, 11) is -5.50. The van der Waals surface area contributed by atoms with Crippen LogP contribution in [0.2, 0.25) is 18.1 Å². The van der Waals surface area contributed by atoms with Crippen LogP contribution in [-0.2, 0) is 30.1 Å². The summed E-state index contributed by atoms with van der Waals surface area (Å²) in [5, 5.41) is 0.0703. The van der Waals surface area contributed by atoms with Gasteiger partial charge in [0.2, 0.25) is 0 Å². The van der Waals surface area contributed by atoms with Crippen LogP contribution in [0.15, 0.2) is 24.3 Å². The molecule has 0 aromatic heterocycles. The highest BCUT2D eigenvalue weighted by Crippen LogP contribution is 2.39. The van der Waals surface area contributed by atoms with Crippen LogP contribution in [0.25, 0.3) is 0 Å². The van der Waals surface area contributed by atoms with E-state index in [1.807, 2.05) is 20.8 Å². The van der Waals surface area contributed by atoms with Crippen LogP contribution in [0.3, 0.4) is 0 Å². The van der Waals surface area contributed by atoms with Crippen molar-refractivity contribution in [3.05, 3.63) is 29.8 Å². The van der Waals surface area contributed by atoms with Gasteiger partial charge in [-0.1, -0.05) is 32.9 Å². The molecule has 0 spiro atoms. The number of carbonyl (C=O) groups excluding carboxylic acids is 1. The molecule has 0 N–H and O–H groups in total. The van der Waals surface area contributed by atoms with E-state index in [-0.39, 0.29) is 29.9 Å². The van der Waals surface area contributed by atoms with E-state index < -0.39 is 24.0 Å². The Kier molecular flexibility index (Phi) is 8.88. The van der Waals surface area contributed by atoms with E-state index in [0.717, 1.165) is 11.8 Å². The van der Waals surface area contributed by atoms with Gasteiger partial charge in [0.1, 0.15) is 18.0 Å². The summed E-state index contributed by atoms with van der Waals surface area (Å²) in [6.45, 7) is 17.3. The SMILES string of the molecule is CC(C)(C)OC(=O)N1C[C@H](O[Si](C)(C)C(C)(C)C)C[C@H]1COc1ccc(COS(C)(=O)=O)cc1. The van der Waals surface area contributed by atoms with E-state index >= 15 is 0 Å². The maximum Gasteiger partial charge on any atom is 0.410 e. The number of hydrogen-bond donors (Lipinski definition) is 0. The zero-order chi connectivity index (χ0) is 25.9. The van der Waals surface area contributed by atoms with Gasteiger partial charge in [0.25, 0.3) is 10.1 Å². The van der Waals surface area contributed by atoms with Crippen LogP contribution in [-0.4, -0.2) is 64.9 Å². The number of hydrogen-bond acceptors (Lipinski definition) is 7. The second kappa shape index (κ2) is 10.6. The van der Waals surface area contributed by atoms with Gasteiger partial charge in [0.15, 0.2) is 8.32 Å². The van der Waals surface area contributed by atoms with Crippen molar-refractivity contribution >= 4 is 24.5 Å². The molecule has 1 aliphatic heterocycles. The van der Waals surface area contributed by atoms with Crippen LogP contribution in [0.1, 0.15) is 53.5 Å². The first-order valence-electron chi connectivity index (χ1n) is 11.6. The van der Waals surface area contributed by atoms with Crippen LogP contribution < -0.4 is 4.74 Å². The van der Waals surface area contributed by atoms with Crippen LogP contribution in [0.5, 0.6) is 5.75 Å². The summed E-state index contributed by atoms with van der Waals surface area (Å²) in [6.07, 6.45) is 1.25. The summed E-state index contributed by atoms with van der Waals surface area (Å²) >= 11 is 0. The van der Waals surface area contributed by atoms with Crippen LogP contribution >= 0.6 is 0 Å². The van der Waals surface area contributed by atoms with E-state index in [4.69, 9.17) is 18.1 Å². The van der Waals surface area contributed by atoms with Crippen LogP contribution in [0.4, 0.5) is 4.79 Å². The molecule has 8 nitrogen and oxygen atoms in total. The first kappa shape index (κ1) is 28.6. The smallest absolute Gasteiger partial charge is 0.410 e. The quantitative estimate of drug-likeness (QED) is 0.358. The lowest BCUT2D eigenvalue weighted by Gasteiger charge is -2.38. The Morgan fingerprint density at radius 2 is 1.68 bits per heavy atom. The van der Waals surface area contributed by atoms with E-state index in [0.29, 0.717) is 25.3 Å². The lowest BCUT2D eigenvalue weighted by Crippen LogP contribution is -2.45. The Morgan fingerprint density at radius 1 is 1.09 bits per heavy atom. The standard InChI is InChI=1S/C24H41NO7SSi/c1-23(2,3)31-22(26)25-15-21(32-34(8,9)24(4,5)6)14-19(25)17-29-20-12-10-18(11-13-20)16-30-33(7,27)28/h10-13,19,21H,14-17H2,1-9H3/t19-,21+/m0/s1. The number of amides is 1. The molecule has 1 aromatic rings. The number of nitrogens with zero attached hydrogens (tertiary/aromatic N) is 1. The number of carbonyl (C=O) groups is 1. The molecule has 1 fully saturated rings. The molecule has 2 rings (SSSR count). The zero-order valence-electron chi connectivity index (χ0n) is 22.0. The summed E-state index contributed by atoms with van der Waals surface area (Å²) in [5.41, 5.74) is 0.127. The molecule has 1 aliphatic rings. The average molecular weight is 516 g/mol. The highest BCUT2D eigenvalue weighted by molar-refractivity contribution is 7.85. The molecule has 1 aromatic carbocycles. The first-order chi connectivity index (χ1) is 15.4. The van der Waals surface area contributed by atoms with Gasteiger partial charge in [-0.2, -0.15) is 8.42 Å². The Balaban J connectivity index is 2.07. The van der Waals surface area contributed by atoms with E-state index in [1.54, 1.807) is 29.2 Å². The van der Waals surface area contributed by atoms with Crippen molar-refractivity contribution in [2.45, 2.75) is 90.4 Å². The van der Waals surface area contributed by atoms with E-state index in [1.165, 1.54) is 0 Å². The topological polar surface area (TPSA) is 91.4 Å². The minimum Gasteiger partial charge on any atom is -0.491 e. The van der Waals surface area contributed by atoms with Gasteiger partial charge in [-0.05, 0) is 63.0 Å². The third kappa shape index (κ3) is 8.87. The van der Waals surface area contributed by atoms with E-state index in [9.17, 15) is 13.2 Å². The summed E-state index contributed by atoms with van der Waals surface area (Å²) in [6, 6.07) is 6.85. The lowest BCUT2D eigenvalue weighted by atomic mass is 10.2. The number of benzene rings is 1. The maximum absolute atomic E-state index is 12.9. The van der Waals surface area contributed by atoms with Gasteiger partial charge in [0.05, 0.1) is 25.0 Å². The van der Waals surface area contributed by atoms with Gasteiger partial charge < -0.3 is 13.9 Å². The molecular formula is C24H41NO7SSi. The van der Waals surface area contributed by atoms with E-state index in [2.05, 4.69) is 33.9 Å². The van der Waals surface area contributed by atoms with Crippen LogP contribution in [0, 0.1) is 0 Å². The predicted octanol–water partition coefficient (Wildman–Crippen LogP) is 4.94. The van der Waals surface area contributed by atoms with Crippen molar-refractivity contribution in [2.24, 2.45) is 0 Å². The van der Waals surface area contributed by atoms with Crippen molar-refractivity contribution in [3.63, 3.8) is 0 Å². The summed E-state index contributed by atoms with van der Waals surface area (Å²) in [4.78, 5) is 14.6. The number of rotatable bonds is 8. The molecule has 1 heterocycles. The number of ether oxygens (including phenoxy) is 2. The monoisotopic (exact) mass is 515 g/mol. The third-order valence-corrected chi connectivity index (χ3v) is 11.2. The summed E-state index contributed by atoms with van der Waals surface area (Å²) < 4.78 is 45.4. The Morgan fingerprint density at radius 3 is 2.18 bits per heavy atom. The zero-order valence-corrected chi connectivity index (χ0v) is 23.8. The Hall–Kier alpha value is -1.62. The van der Waals surface area contributed by atoms with Gasteiger partial charge >= 0.3 is 6.09 Å². The average Bonchev–Trinajstić information content (AvgIpc) is 3.05. The molecule has 34 heavy (non-hydrogen) atoms. The Bertz CT molecular complexity index is 934. The van der Waals surface area contributed by atoms with Crippen molar-refractivity contribution in [1.29, 1.82) is 0 Å². The fourth-order valence-electron chi connectivity index (χ4n) is 3.30.